The van der Waals surface area contributed by atoms with E-state index >= 15 is 0 Å². The summed E-state index contributed by atoms with van der Waals surface area (Å²) in [5.41, 5.74) is 1.09. The molecule has 100 valence electrons. The van der Waals surface area contributed by atoms with Gasteiger partial charge in [0.1, 0.15) is 6.61 Å². The normalized spacial score (nSPS) is 10.4. The summed E-state index contributed by atoms with van der Waals surface area (Å²) in [4.78, 5) is 4.02. The second kappa shape index (κ2) is 7.07. The zero-order valence-electron chi connectivity index (χ0n) is 10.3. The quantitative estimate of drug-likeness (QED) is 0.826. The van der Waals surface area contributed by atoms with Gasteiger partial charge in [0.25, 0.3) is 0 Å². The van der Waals surface area contributed by atoms with Crippen molar-refractivity contribution < 1.29 is 9.13 Å². The molecule has 1 aromatic carbocycles. The van der Waals surface area contributed by atoms with Crippen LogP contribution in [0.1, 0.15) is 5.56 Å². The van der Waals surface area contributed by atoms with Crippen LogP contribution < -0.4 is 10.1 Å². The van der Waals surface area contributed by atoms with E-state index in [1.165, 1.54) is 6.07 Å². The molecule has 0 saturated heterocycles. The van der Waals surface area contributed by atoms with Gasteiger partial charge in [0.05, 0.1) is 5.02 Å². The monoisotopic (exact) mass is 280 g/mol. The van der Waals surface area contributed by atoms with Crippen LogP contribution in [0.5, 0.6) is 5.75 Å². The van der Waals surface area contributed by atoms with Gasteiger partial charge in [-0.3, -0.25) is 4.98 Å². The summed E-state index contributed by atoms with van der Waals surface area (Å²) in [7, 11) is 0. The topological polar surface area (TPSA) is 34.1 Å². The Bertz CT molecular complexity index is 522. The lowest BCUT2D eigenvalue weighted by atomic mass is 10.3. The average Bonchev–Trinajstić information content (AvgIpc) is 2.44. The molecule has 0 aliphatic heterocycles. The van der Waals surface area contributed by atoms with E-state index in [-0.39, 0.29) is 10.8 Å². The Hall–Kier alpha value is -1.65. The van der Waals surface area contributed by atoms with Crippen LogP contribution in [0, 0.1) is 5.82 Å². The Morgan fingerprint density at radius 3 is 2.95 bits per heavy atom. The number of nitrogens with zero attached hydrogens (tertiary/aromatic N) is 1. The predicted molar refractivity (Wildman–Crippen MR) is 72.8 cm³/mol. The zero-order valence-corrected chi connectivity index (χ0v) is 11.0. The molecule has 1 aromatic heterocycles. The molecule has 19 heavy (non-hydrogen) atoms. The van der Waals surface area contributed by atoms with E-state index in [2.05, 4.69) is 10.3 Å². The first kappa shape index (κ1) is 13.8. The molecule has 0 saturated carbocycles. The summed E-state index contributed by atoms with van der Waals surface area (Å²) in [5.74, 6) is -0.341. The summed E-state index contributed by atoms with van der Waals surface area (Å²) >= 11 is 5.66. The van der Waals surface area contributed by atoms with E-state index in [0.29, 0.717) is 19.7 Å². The molecule has 1 heterocycles. The predicted octanol–water partition coefficient (Wildman–Crippen LogP) is 3.04. The molecule has 0 bridgehead atoms. The molecule has 0 aliphatic carbocycles. The fourth-order valence-electron chi connectivity index (χ4n) is 1.56. The SMILES string of the molecule is Fc1c(Cl)cccc1OCCNCc1cccnc1. The molecule has 5 heteroatoms. The smallest absolute Gasteiger partial charge is 0.183 e. The highest BCUT2D eigenvalue weighted by Gasteiger charge is 2.06. The molecule has 0 atom stereocenters. The third kappa shape index (κ3) is 4.19. The third-order valence-corrected chi connectivity index (χ3v) is 2.80. The molecule has 0 radical (unpaired) electrons. The molecule has 1 N–H and O–H groups in total. The van der Waals surface area contributed by atoms with Crippen molar-refractivity contribution in [3.05, 3.63) is 59.1 Å². The van der Waals surface area contributed by atoms with Gasteiger partial charge in [-0.25, -0.2) is 4.39 Å². The summed E-state index contributed by atoms with van der Waals surface area (Å²) in [5, 5.41) is 3.26. The summed E-state index contributed by atoms with van der Waals surface area (Å²) < 4.78 is 18.8. The molecule has 0 unspecified atom stereocenters. The van der Waals surface area contributed by atoms with Crippen LogP contribution in [-0.2, 0) is 6.54 Å². The summed E-state index contributed by atoms with van der Waals surface area (Å²) in [6.07, 6.45) is 3.53. The molecule has 3 nitrogen and oxygen atoms in total. The maximum Gasteiger partial charge on any atom is 0.183 e. The van der Waals surface area contributed by atoms with Crippen LogP contribution in [0.2, 0.25) is 5.02 Å². The van der Waals surface area contributed by atoms with E-state index in [9.17, 15) is 4.39 Å². The number of pyridine rings is 1. The zero-order chi connectivity index (χ0) is 13.5. The van der Waals surface area contributed by atoms with Crippen LogP contribution in [0.3, 0.4) is 0 Å². The Morgan fingerprint density at radius 2 is 2.16 bits per heavy atom. The minimum atomic E-state index is -0.517. The number of hydrogen-bond donors (Lipinski definition) is 1. The van der Waals surface area contributed by atoms with Crippen LogP contribution in [-0.4, -0.2) is 18.1 Å². The number of aromatic nitrogens is 1. The van der Waals surface area contributed by atoms with Gasteiger partial charge < -0.3 is 10.1 Å². The lowest BCUT2D eigenvalue weighted by molar-refractivity contribution is 0.298. The van der Waals surface area contributed by atoms with Crippen molar-refractivity contribution in [2.75, 3.05) is 13.2 Å². The number of nitrogens with one attached hydrogen (secondary N) is 1. The van der Waals surface area contributed by atoms with Gasteiger partial charge in [-0.2, -0.15) is 0 Å². The molecular weight excluding hydrogens is 267 g/mol. The van der Waals surface area contributed by atoms with Crippen molar-refractivity contribution in [2.24, 2.45) is 0 Å². The highest BCUT2D eigenvalue weighted by Crippen LogP contribution is 2.23. The standard InChI is InChI=1S/C14H14ClFN2O/c15-12-4-1-5-13(14(12)16)19-8-7-18-10-11-3-2-6-17-9-11/h1-6,9,18H,7-8,10H2. The molecule has 0 amide bonds. The lowest BCUT2D eigenvalue weighted by Gasteiger charge is -2.08. The van der Waals surface area contributed by atoms with E-state index < -0.39 is 5.82 Å². The first-order chi connectivity index (χ1) is 9.27. The molecule has 2 rings (SSSR count). The minimum absolute atomic E-state index is 0.0702. The van der Waals surface area contributed by atoms with Crippen molar-refractivity contribution >= 4 is 11.6 Å². The number of hydrogen-bond acceptors (Lipinski definition) is 3. The van der Waals surface area contributed by atoms with Gasteiger partial charge >= 0.3 is 0 Å². The Morgan fingerprint density at radius 1 is 1.26 bits per heavy atom. The number of benzene rings is 1. The fourth-order valence-corrected chi connectivity index (χ4v) is 1.73. The van der Waals surface area contributed by atoms with Crippen molar-refractivity contribution in [3.63, 3.8) is 0 Å². The fraction of sp³-hybridized carbons (Fsp3) is 0.214. The molecule has 2 aromatic rings. The van der Waals surface area contributed by atoms with Gasteiger partial charge in [-0.1, -0.05) is 23.7 Å². The Kier molecular flexibility index (Phi) is 5.12. The number of rotatable bonds is 6. The average molecular weight is 281 g/mol. The van der Waals surface area contributed by atoms with E-state index in [4.69, 9.17) is 16.3 Å². The van der Waals surface area contributed by atoms with Gasteiger partial charge in [0.2, 0.25) is 0 Å². The first-order valence-electron chi connectivity index (χ1n) is 5.94. The van der Waals surface area contributed by atoms with Crippen molar-refractivity contribution in [2.45, 2.75) is 6.54 Å². The summed E-state index contributed by atoms with van der Waals surface area (Å²) in [6.45, 7) is 1.69. The summed E-state index contributed by atoms with van der Waals surface area (Å²) in [6, 6.07) is 8.57. The Labute approximate surface area is 116 Å². The second-order valence-electron chi connectivity index (χ2n) is 3.94. The maximum atomic E-state index is 13.5. The number of halogens is 2. The second-order valence-corrected chi connectivity index (χ2v) is 4.35. The van der Waals surface area contributed by atoms with Crippen LogP contribution in [0.4, 0.5) is 4.39 Å². The van der Waals surface area contributed by atoms with E-state index in [1.54, 1.807) is 24.5 Å². The molecule has 0 aliphatic rings. The molecular formula is C14H14ClFN2O. The first-order valence-corrected chi connectivity index (χ1v) is 6.31. The maximum absolute atomic E-state index is 13.5. The molecule has 0 fully saturated rings. The third-order valence-electron chi connectivity index (χ3n) is 2.50. The van der Waals surface area contributed by atoms with Gasteiger partial charge in [0, 0.05) is 25.5 Å². The van der Waals surface area contributed by atoms with Crippen LogP contribution in [0.25, 0.3) is 0 Å². The van der Waals surface area contributed by atoms with Gasteiger partial charge in [-0.15, -0.1) is 0 Å². The largest absolute Gasteiger partial charge is 0.489 e. The van der Waals surface area contributed by atoms with Crippen molar-refractivity contribution in [3.8, 4) is 5.75 Å². The highest BCUT2D eigenvalue weighted by atomic mass is 35.5. The van der Waals surface area contributed by atoms with Gasteiger partial charge in [-0.05, 0) is 23.8 Å². The Balaban J connectivity index is 1.71. The number of ether oxygens (including phenoxy) is 1. The van der Waals surface area contributed by atoms with Gasteiger partial charge in [0.15, 0.2) is 11.6 Å². The lowest BCUT2D eigenvalue weighted by Crippen LogP contribution is -2.20. The highest BCUT2D eigenvalue weighted by molar-refractivity contribution is 6.30. The van der Waals surface area contributed by atoms with Crippen LogP contribution >= 0.6 is 11.6 Å². The van der Waals surface area contributed by atoms with Crippen molar-refractivity contribution in [1.82, 2.24) is 10.3 Å². The van der Waals surface area contributed by atoms with E-state index in [1.807, 2.05) is 12.1 Å². The molecule has 0 spiro atoms. The van der Waals surface area contributed by atoms with Crippen molar-refractivity contribution in [1.29, 1.82) is 0 Å². The van der Waals surface area contributed by atoms with E-state index in [0.717, 1.165) is 5.56 Å². The minimum Gasteiger partial charge on any atom is -0.489 e. The van der Waals surface area contributed by atoms with Crippen LogP contribution in [0.15, 0.2) is 42.7 Å².